The van der Waals surface area contributed by atoms with E-state index >= 15 is 0 Å². The summed E-state index contributed by atoms with van der Waals surface area (Å²) in [7, 11) is 2.20. The van der Waals surface area contributed by atoms with Crippen LogP contribution in [0, 0.1) is 0 Å². The zero-order chi connectivity index (χ0) is 20.9. The van der Waals surface area contributed by atoms with E-state index < -0.39 is 15.9 Å². The fourth-order valence-corrected chi connectivity index (χ4v) is 3.92. The molecule has 0 saturated heterocycles. The second-order valence-corrected chi connectivity index (χ2v) is 8.64. The normalized spacial score (nSPS) is 11.4. The van der Waals surface area contributed by atoms with E-state index in [4.69, 9.17) is 21.1 Å². The number of nitrogens with zero attached hydrogens (tertiary/aromatic N) is 1. The molecule has 2 aromatic rings. The van der Waals surface area contributed by atoms with Crippen molar-refractivity contribution in [2.45, 2.75) is 11.3 Å². The minimum Gasteiger partial charge on any atom is -0.497 e. The molecule has 2 rings (SSSR count). The Labute approximate surface area is 170 Å². The Bertz CT molecular complexity index is 961. The van der Waals surface area contributed by atoms with Gasteiger partial charge in [0.1, 0.15) is 16.4 Å². The Hall–Kier alpha value is -2.29. The summed E-state index contributed by atoms with van der Waals surface area (Å²) in [6.07, 6.45) is 0.516. The maximum atomic E-state index is 12.5. The lowest BCUT2D eigenvalue weighted by Crippen LogP contribution is -2.27. The van der Waals surface area contributed by atoms with Gasteiger partial charge in [0.25, 0.3) is 5.91 Å². The predicted molar refractivity (Wildman–Crippen MR) is 108 cm³/mol. The summed E-state index contributed by atoms with van der Waals surface area (Å²) in [6, 6.07) is 9.60. The molecule has 0 heterocycles. The number of ether oxygens (including phenoxy) is 2. The fourth-order valence-electron chi connectivity index (χ4n) is 2.53. The first-order chi connectivity index (χ1) is 13.2. The van der Waals surface area contributed by atoms with Crippen LogP contribution >= 0.6 is 11.6 Å². The first-order valence-electron chi connectivity index (χ1n) is 8.42. The average molecular weight is 427 g/mol. The summed E-state index contributed by atoms with van der Waals surface area (Å²) in [6.45, 7) is 0.334. The summed E-state index contributed by atoms with van der Waals surface area (Å²) in [5.74, 6) is 0.994. The molecule has 0 fully saturated rings. The number of amides is 1. The molecule has 0 aliphatic heterocycles. The highest BCUT2D eigenvalue weighted by Crippen LogP contribution is 2.25. The maximum Gasteiger partial charge on any atom is 0.251 e. The predicted octanol–water partition coefficient (Wildman–Crippen LogP) is 2.58. The quantitative estimate of drug-likeness (QED) is 0.701. The lowest BCUT2D eigenvalue weighted by Gasteiger charge is -2.14. The lowest BCUT2D eigenvalue weighted by molar-refractivity contribution is 0.0954. The van der Waals surface area contributed by atoms with Crippen LogP contribution in [0.3, 0.4) is 0 Å². The molecule has 0 radical (unpaired) electrons. The molecule has 0 unspecified atom stereocenters. The summed E-state index contributed by atoms with van der Waals surface area (Å²) in [5.41, 5.74) is 1.09. The van der Waals surface area contributed by atoms with Crippen LogP contribution in [0.4, 0.5) is 0 Å². The second-order valence-electron chi connectivity index (χ2n) is 6.12. The molecule has 1 amide bonds. The van der Waals surface area contributed by atoms with Crippen molar-refractivity contribution >= 4 is 27.5 Å². The number of carbonyl (C=O) groups excluding carboxylic acids is 1. The second kappa shape index (κ2) is 9.27. The van der Waals surface area contributed by atoms with Gasteiger partial charge in [-0.1, -0.05) is 11.6 Å². The molecule has 7 nitrogen and oxygen atoms in total. The number of rotatable bonds is 8. The Kier molecular flexibility index (Phi) is 7.29. The topological polar surface area (TPSA) is 84.9 Å². The number of hydrogen-bond donors (Lipinski definition) is 1. The van der Waals surface area contributed by atoms with Gasteiger partial charge in [-0.2, -0.15) is 0 Å². The van der Waals surface area contributed by atoms with Crippen LogP contribution in [0.2, 0.25) is 5.02 Å². The summed E-state index contributed by atoms with van der Waals surface area (Å²) in [4.78, 5) is 12.3. The molecule has 0 saturated carbocycles. The zero-order valence-corrected chi connectivity index (χ0v) is 17.7. The number of benzene rings is 2. The highest BCUT2D eigenvalue weighted by atomic mass is 35.5. The van der Waals surface area contributed by atoms with Crippen molar-refractivity contribution in [2.24, 2.45) is 0 Å². The third kappa shape index (κ3) is 4.95. The molecular weight excluding hydrogens is 404 g/mol. The molecule has 152 valence electrons. The standard InChI is InChI=1S/C19H23ClN2O5S/c1-22(2)28(24,25)18-12-14(5-7-16(18)20)19(23)21-10-9-13-11-15(26-3)6-8-17(13)27-4/h5-8,11-12H,9-10H2,1-4H3,(H,21,23). The molecule has 1 N–H and O–H groups in total. The van der Waals surface area contributed by atoms with Gasteiger partial charge in [0.15, 0.2) is 0 Å². The molecule has 0 spiro atoms. The molecule has 2 aromatic carbocycles. The largest absolute Gasteiger partial charge is 0.497 e. The van der Waals surface area contributed by atoms with Crippen molar-refractivity contribution in [1.29, 1.82) is 0 Å². The first-order valence-corrected chi connectivity index (χ1v) is 10.2. The number of hydrogen-bond acceptors (Lipinski definition) is 5. The number of nitrogens with one attached hydrogen (secondary N) is 1. The van der Waals surface area contributed by atoms with Crippen LogP contribution < -0.4 is 14.8 Å². The highest BCUT2D eigenvalue weighted by molar-refractivity contribution is 7.89. The molecule has 0 aliphatic carbocycles. The number of halogens is 1. The van der Waals surface area contributed by atoms with E-state index in [2.05, 4.69) is 5.32 Å². The molecule has 0 aromatic heterocycles. The summed E-state index contributed by atoms with van der Waals surface area (Å²) in [5, 5.41) is 2.84. The SMILES string of the molecule is COc1ccc(OC)c(CCNC(=O)c2ccc(Cl)c(S(=O)(=O)N(C)C)c2)c1. The van der Waals surface area contributed by atoms with E-state index in [9.17, 15) is 13.2 Å². The van der Waals surface area contributed by atoms with Crippen LogP contribution in [0.15, 0.2) is 41.3 Å². The van der Waals surface area contributed by atoms with Crippen molar-refractivity contribution in [3.63, 3.8) is 0 Å². The Morgan fingerprint density at radius 2 is 1.82 bits per heavy atom. The Morgan fingerprint density at radius 1 is 1.11 bits per heavy atom. The van der Waals surface area contributed by atoms with Crippen LogP contribution in [0.25, 0.3) is 0 Å². The van der Waals surface area contributed by atoms with Crippen molar-refractivity contribution in [3.8, 4) is 11.5 Å². The van der Waals surface area contributed by atoms with Crippen molar-refractivity contribution < 1.29 is 22.7 Å². The van der Waals surface area contributed by atoms with Gasteiger partial charge in [0, 0.05) is 26.2 Å². The average Bonchev–Trinajstić information content (AvgIpc) is 2.67. The van der Waals surface area contributed by atoms with E-state index in [-0.39, 0.29) is 15.5 Å². The van der Waals surface area contributed by atoms with Crippen LogP contribution in [-0.4, -0.2) is 53.5 Å². The van der Waals surface area contributed by atoms with E-state index in [1.165, 1.54) is 32.3 Å². The smallest absolute Gasteiger partial charge is 0.251 e. The van der Waals surface area contributed by atoms with Crippen molar-refractivity contribution in [2.75, 3.05) is 34.9 Å². The van der Waals surface area contributed by atoms with E-state index in [1.54, 1.807) is 26.4 Å². The van der Waals surface area contributed by atoms with Gasteiger partial charge in [-0.15, -0.1) is 0 Å². The van der Waals surface area contributed by atoms with Crippen LogP contribution in [0.5, 0.6) is 11.5 Å². The van der Waals surface area contributed by atoms with Crippen molar-refractivity contribution in [1.82, 2.24) is 9.62 Å². The van der Waals surface area contributed by atoms with Crippen LogP contribution in [0.1, 0.15) is 15.9 Å². The fraction of sp³-hybridized carbons (Fsp3) is 0.316. The third-order valence-corrected chi connectivity index (χ3v) is 6.42. The Morgan fingerprint density at radius 3 is 2.43 bits per heavy atom. The van der Waals surface area contributed by atoms with Gasteiger partial charge < -0.3 is 14.8 Å². The molecule has 9 heteroatoms. The molecule has 0 bridgehead atoms. The molecule has 0 atom stereocenters. The van der Waals surface area contributed by atoms with Gasteiger partial charge in [-0.25, -0.2) is 12.7 Å². The van der Waals surface area contributed by atoms with Crippen LogP contribution in [-0.2, 0) is 16.4 Å². The number of sulfonamides is 1. The minimum atomic E-state index is -3.75. The van der Waals surface area contributed by atoms with E-state index in [1.807, 2.05) is 6.07 Å². The summed E-state index contributed by atoms with van der Waals surface area (Å²) >= 11 is 6.01. The lowest BCUT2D eigenvalue weighted by atomic mass is 10.1. The van der Waals surface area contributed by atoms with Gasteiger partial charge in [0.05, 0.1) is 19.2 Å². The van der Waals surface area contributed by atoms with Gasteiger partial charge in [0.2, 0.25) is 10.0 Å². The third-order valence-electron chi connectivity index (χ3n) is 4.12. The monoisotopic (exact) mass is 426 g/mol. The first kappa shape index (κ1) is 22.0. The summed E-state index contributed by atoms with van der Waals surface area (Å²) < 4.78 is 36.3. The Balaban J connectivity index is 2.13. The van der Waals surface area contributed by atoms with Crippen molar-refractivity contribution in [3.05, 3.63) is 52.5 Å². The minimum absolute atomic E-state index is 0.0615. The number of methoxy groups -OCH3 is 2. The molecule has 0 aliphatic rings. The van der Waals surface area contributed by atoms with Gasteiger partial charge >= 0.3 is 0 Å². The maximum absolute atomic E-state index is 12.5. The van der Waals surface area contributed by atoms with E-state index in [0.29, 0.717) is 24.5 Å². The zero-order valence-electron chi connectivity index (χ0n) is 16.2. The molecule has 28 heavy (non-hydrogen) atoms. The molecular formula is C19H23ClN2O5S. The highest BCUT2D eigenvalue weighted by Gasteiger charge is 2.22. The van der Waals surface area contributed by atoms with E-state index in [0.717, 1.165) is 9.87 Å². The van der Waals surface area contributed by atoms with Gasteiger partial charge in [-0.05, 0) is 48.4 Å². The number of carbonyl (C=O) groups is 1. The van der Waals surface area contributed by atoms with Gasteiger partial charge in [-0.3, -0.25) is 4.79 Å².